The zero-order valence-corrected chi connectivity index (χ0v) is 20.3. The van der Waals surface area contributed by atoms with Gasteiger partial charge in [-0.1, -0.05) is 33.6 Å². The van der Waals surface area contributed by atoms with Gasteiger partial charge in [-0.05, 0) is 56.7 Å². The van der Waals surface area contributed by atoms with Crippen molar-refractivity contribution in [3.63, 3.8) is 0 Å². The topological polar surface area (TPSA) is 102 Å². The second kappa shape index (κ2) is 11.2. The number of carbonyl (C=O) groups is 1. The van der Waals surface area contributed by atoms with Gasteiger partial charge in [0.15, 0.2) is 0 Å². The maximum Gasteiger partial charge on any atom is 0.237 e. The summed E-state index contributed by atoms with van der Waals surface area (Å²) >= 11 is 1.30. The van der Waals surface area contributed by atoms with Crippen LogP contribution in [0, 0.1) is 11.8 Å². The van der Waals surface area contributed by atoms with Crippen molar-refractivity contribution < 1.29 is 24.9 Å². The summed E-state index contributed by atoms with van der Waals surface area (Å²) in [4.78, 5) is 15.9. The molecule has 0 aromatic rings. The maximum atomic E-state index is 13.5. The van der Waals surface area contributed by atoms with E-state index >= 15 is 0 Å². The molecule has 1 aliphatic carbocycles. The summed E-state index contributed by atoms with van der Waals surface area (Å²) in [6.07, 6.45) is 5.14. The molecule has 8 atom stereocenters. The number of aliphatic hydroxyl groups is 3. The van der Waals surface area contributed by atoms with Crippen LogP contribution in [0.5, 0.6) is 0 Å². The molecule has 31 heavy (non-hydrogen) atoms. The van der Waals surface area contributed by atoms with Gasteiger partial charge < -0.3 is 25.4 Å². The lowest BCUT2D eigenvalue weighted by atomic mass is 9.88. The molecule has 3 rings (SSSR count). The van der Waals surface area contributed by atoms with Crippen molar-refractivity contribution in [2.75, 3.05) is 12.8 Å². The Balaban J connectivity index is 1.73. The number of hydrogen-bond acceptors (Lipinski definition) is 7. The first-order valence-corrected chi connectivity index (χ1v) is 13.4. The van der Waals surface area contributed by atoms with Gasteiger partial charge in [-0.25, -0.2) is 0 Å². The van der Waals surface area contributed by atoms with Crippen molar-refractivity contribution in [3.8, 4) is 0 Å². The van der Waals surface area contributed by atoms with Gasteiger partial charge in [-0.2, -0.15) is 0 Å². The van der Waals surface area contributed by atoms with Crippen LogP contribution in [0.1, 0.15) is 65.7 Å². The molecule has 0 bridgehead atoms. The molecule has 7 nitrogen and oxygen atoms in total. The number of rotatable bonds is 8. The van der Waals surface area contributed by atoms with E-state index in [1.807, 2.05) is 13.8 Å². The van der Waals surface area contributed by atoms with Crippen LogP contribution in [0.15, 0.2) is 0 Å². The standard InChI is InChI=1S/C23H42N2O5S/c1-5-6-14-7-10-16(25(12-11-14)15-8-9-15)22(29)24-17(13(2)3)21-19(27)18(26)20(28)23(30-21)31-4/h13-21,23,26-28H,5-12H2,1-4H3,(H,24,29)/t14?,16-,17+,18-,19+,20+,21?,23+/m0/s1. The summed E-state index contributed by atoms with van der Waals surface area (Å²) in [6, 6.07) is -0.0822. The van der Waals surface area contributed by atoms with E-state index in [4.69, 9.17) is 4.74 Å². The fourth-order valence-corrected chi connectivity index (χ4v) is 5.95. The molecule has 1 saturated carbocycles. The number of amides is 1. The fraction of sp³-hybridized carbons (Fsp3) is 0.957. The predicted molar refractivity (Wildman–Crippen MR) is 123 cm³/mol. The number of nitrogens with one attached hydrogen (secondary N) is 1. The fourth-order valence-electron chi connectivity index (χ4n) is 5.27. The number of carbonyl (C=O) groups excluding carboxylic acids is 1. The number of likely N-dealkylation sites (tertiary alicyclic amines) is 1. The first-order chi connectivity index (χ1) is 14.8. The summed E-state index contributed by atoms with van der Waals surface area (Å²) in [7, 11) is 0. The molecule has 0 radical (unpaired) electrons. The third kappa shape index (κ3) is 5.95. The average Bonchev–Trinajstić information content (AvgIpc) is 3.58. The van der Waals surface area contributed by atoms with Crippen LogP contribution in [-0.4, -0.2) is 86.9 Å². The van der Waals surface area contributed by atoms with Crippen LogP contribution in [0.3, 0.4) is 0 Å². The zero-order chi connectivity index (χ0) is 22.7. The van der Waals surface area contributed by atoms with E-state index in [1.165, 1.54) is 37.4 Å². The largest absolute Gasteiger partial charge is 0.388 e. The van der Waals surface area contributed by atoms with Crippen LogP contribution in [-0.2, 0) is 9.53 Å². The quantitative estimate of drug-likeness (QED) is 0.439. The SMILES string of the molecule is CCCC1CC[C@@H](C(=O)N[C@H](C(C)C)C2O[C@H](SC)[C@H](O)[C@@H](O)[C@H]2O)N(C2CC2)CC1. The van der Waals surface area contributed by atoms with E-state index in [-0.39, 0.29) is 17.9 Å². The Kier molecular flexibility index (Phi) is 9.09. The number of ether oxygens (including phenoxy) is 1. The van der Waals surface area contributed by atoms with E-state index in [0.29, 0.717) is 12.0 Å². The van der Waals surface area contributed by atoms with Crippen LogP contribution in [0.25, 0.3) is 0 Å². The van der Waals surface area contributed by atoms with E-state index < -0.39 is 35.9 Å². The van der Waals surface area contributed by atoms with Gasteiger partial charge in [0.1, 0.15) is 29.9 Å². The molecule has 0 spiro atoms. The Hall–Kier alpha value is -0.380. The summed E-state index contributed by atoms with van der Waals surface area (Å²) in [5, 5.41) is 34.4. The highest BCUT2D eigenvalue weighted by Gasteiger charge is 2.48. The van der Waals surface area contributed by atoms with Crippen molar-refractivity contribution in [2.45, 2.75) is 114 Å². The Morgan fingerprint density at radius 1 is 1.10 bits per heavy atom. The van der Waals surface area contributed by atoms with Crippen molar-refractivity contribution in [3.05, 3.63) is 0 Å². The van der Waals surface area contributed by atoms with Crippen molar-refractivity contribution in [1.29, 1.82) is 0 Å². The number of hydrogen-bond donors (Lipinski definition) is 4. The van der Waals surface area contributed by atoms with E-state index in [1.54, 1.807) is 6.26 Å². The first-order valence-electron chi connectivity index (χ1n) is 12.1. The summed E-state index contributed by atoms with van der Waals surface area (Å²) in [6.45, 7) is 7.16. The molecule has 180 valence electrons. The molecule has 2 heterocycles. The molecular formula is C23H42N2O5S. The lowest BCUT2D eigenvalue weighted by molar-refractivity contribution is -0.208. The second-order valence-electron chi connectivity index (χ2n) is 9.96. The van der Waals surface area contributed by atoms with Crippen molar-refractivity contribution in [2.24, 2.45) is 11.8 Å². The normalized spacial score (nSPS) is 38.6. The Labute approximate surface area is 191 Å². The smallest absolute Gasteiger partial charge is 0.237 e. The van der Waals surface area contributed by atoms with Gasteiger partial charge in [-0.3, -0.25) is 9.69 Å². The second-order valence-corrected chi connectivity index (χ2v) is 10.9. The van der Waals surface area contributed by atoms with Gasteiger partial charge in [-0.15, -0.1) is 11.8 Å². The Bertz CT molecular complexity index is 588. The van der Waals surface area contributed by atoms with Gasteiger partial charge in [0.2, 0.25) is 5.91 Å². The minimum atomic E-state index is -1.30. The Morgan fingerprint density at radius 2 is 1.81 bits per heavy atom. The minimum absolute atomic E-state index is 0.000128. The number of aliphatic hydroxyl groups excluding tert-OH is 3. The molecule has 4 N–H and O–H groups in total. The lowest BCUT2D eigenvalue weighted by Crippen LogP contribution is -2.64. The predicted octanol–water partition coefficient (Wildman–Crippen LogP) is 1.73. The third-order valence-electron chi connectivity index (χ3n) is 7.28. The van der Waals surface area contributed by atoms with Crippen molar-refractivity contribution >= 4 is 17.7 Å². The third-order valence-corrected chi connectivity index (χ3v) is 8.13. The maximum absolute atomic E-state index is 13.5. The Morgan fingerprint density at radius 3 is 2.39 bits per heavy atom. The molecule has 8 heteroatoms. The first kappa shape index (κ1) is 25.2. The van der Waals surface area contributed by atoms with Gasteiger partial charge in [0.25, 0.3) is 0 Å². The van der Waals surface area contributed by atoms with Gasteiger partial charge in [0, 0.05) is 6.04 Å². The molecule has 1 amide bonds. The summed E-state index contributed by atoms with van der Waals surface area (Å²) < 4.78 is 5.98. The molecule has 3 fully saturated rings. The van der Waals surface area contributed by atoms with Crippen LogP contribution in [0.2, 0.25) is 0 Å². The highest BCUT2D eigenvalue weighted by Crippen LogP contribution is 2.35. The minimum Gasteiger partial charge on any atom is -0.388 e. The number of nitrogens with zero attached hydrogens (tertiary/aromatic N) is 1. The molecule has 3 aliphatic rings. The van der Waals surface area contributed by atoms with Gasteiger partial charge in [0.05, 0.1) is 12.1 Å². The molecule has 2 aliphatic heterocycles. The van der Waals surface area contributed by atoms with Crippen molar-refractivity contribution in [1.82, 2.24) is 10.2 Å². The van der Waals surface area contributed by atoms with E-state index in [9.17, 15) is 20.1 Å². The van der Waals surface area contributed by atoms with E-state index in [2.05, 4.69) is 17.1 Å². The van der Waals surface area contributed by atoms with Crippen LogP contribution < -0.4 is 5.32 Å². The molecule has 2 saturated heterocycles. The highest BCUT2D eigenvalue weighted by molar-refractivity contribution is 7.99. The molecular weight excluding hydrogens is 416 g/mol. The summed E-state index contributed by atoms with van der Waals surface area (Å²) in [5.74, 6) is 0.689. The van der Waals surface area contributed by atoms with E-state index in [0.717, 1.165) is 25.8 Å². The monoisotopic (exact) mass is 458 g/mol. The molecule has 2 unspecified atom stereocenters. The average molecular weight is 459 g/mol. The zero-order valence-electron chi connectivity index (χ0n) is 19.4. The van der Waals surface area contributed by atoms with Crippen LogP contribution in [0.4, 0.5) is 0 Å². The number of thioether (sulfide) groups is 1. The van der Waals surface area contributed by atoms with Gasteiger partial charge >= 0.3 is 0 Å². The highest BCUT2D eigenvalue weighted by atomic mass is 32.2. The molecule has 0 aromatic heterocycles. The lowest BCUT2D eigenvalue weighted by Gasteiger charge is -2.44. The van der Waals surface area contributed by atoms with Crippen LogP contribution >= 0.6 is 11.8 Å². The summed E-state index contributed by atoms with van der Waals surface area (Å²) in [5.41, 5.74) is -0.641. The molecule has 0 aromatic carbocycles.